The molecule has 0 bridgehead atoms. The summed E-state index contributed by atoms with van der Waals surface area (Å²) >= 11 is 0. The Morgan fingerprint density at radius 2 is 1.31 bits per heavy atom. The summed E-state index contributed by atoms with van der Waals surface area (Å²) in [5, 5.41) is 0. The summed E-state index contributed by atoms with van der Waals surface area (Å²) in [6.45, 7) is 1.41. The maximum atomic E-state index is 5.52. The Kier molecular flexibility index (Phi) is 2.78. The summed E-state index contributed by atoms with van der Waals surface area (Å²) in [6.07, 6.45) is 16.4. The summed E-state index contributed by atoms with van der Waals surface area (Å²) in [7, 11) is 0. The van der Waals surface area contributed by atoms with Crippen molar-refractivity contribution in [2.24, 2.45) is 0 Å². The van der Waals surface area contributed by atoms with E-state index in [1.807, 2.05) is 24.3 Å². The molecule has 0 heterocycles. The van der Waals surface area contributed by atoms with Crippen molar-refractivity contribution in [3.8, 4) is 0 Å². The van der Waals surface area contributed by atoms with E-state index in [4.69, 9.17) is 4.74 Å². The average molecular weight is 172 g/mol. The molecule has 0 aromatic carbocycles. The van der Waals surface area contributed by atoms with Crippen LogP contribution in [-0.2, 0) is 4.74 Å². The fourth-order valence-electron chi connectivity index (χ4n) is 1.31. The molecule has 0 aromatic heterocycles. The zero-order chi connectivity index (χ0) is 8.93. The van der Waals surface area contributed by atoms with Gasteiger partial charge in [0.05, 0.1) is 13.2 Å². The minimum atomic E-state index is 0.707. The lowest BCUT2D eigenvalue weighted by Gasteiger charge is -2.04. The molecule has 0 unspecified atom stereocenters. The van der Waals surface area contributed by atoms with Crippen molar-refractivity contribution in [1.29, 1.82) is 0 Å². The van der Waals surface area contributed by atoms with Gasteiger partial charge in [-0.25, -0.2) is 0 Å². The second-order valence-electron chi connectivity index (χ2n) is 3.08. The number of hydrogen-bond donors (Lipinski definition) is 0. The summed E-state index contributed by atoms with van der Waals surface area (Å²) < 4.78 is 5.52. The molecule has 1 nitrogen and oxygen atoms in total. The molecule has 0 saturated carbocycles. The Bertz CT molecular complexity index is 262. The first-order valence-corrected chi connectivity index (χ1v) is 4.44. The molecule has 0 atom stereocenters. The molecule has 13 heavy (non-hydrogen) atoms. The van der Waals surface area contributed by atoms with Crippen LogP contribution in [-0.4, -0.2) is 13.2 Å². The van der Waals surface area contributed by atoms with Gasteiger partial charge in [0.2, 0.25) is 0 Å². The highest BCUT2D eigenvalue weighted by molar-refractivity contribution is 5.35. The van der Waals surface area contributed by atoms with Crippen LogP contribution in [0.1, 0.15) is 0 Å². The van der Waals surface area contributed by atoms with Gasteiger partial charge in [0.1, 0.15) is 0 Å². The Hall–Kier alpha value is -1.08. The summed E-state index contributed by atoms with van der Waals surface area (Å²) in [4.78, 5) is 0. The molecule has 0 spiro atoms. The van der Waals surface area contributed by atoms with E-state index in [0.29, 0.717) is 13.2 Å². The molecule has 2 rings (SSSR count). The molecule has 2 aliphatic carbocycles. The van der Waals surface area contributed by atoms with E-state index >= 15 is 0 Å². The van der Waals surface area contributed by atoms with Crippen LogP contribution < -0.4 is 0 Å². The lowest BCUT2D eigenvalue weighted by atomic mass is 10.2. The zero-order valence-electron chi connectivity index (χ0n) is 7.44. The van der Waals surface area contributed by atoms with E-state index in [9.17, 15) is 0 Å². The van der Waals surface area contributed by atoms with Crippen molar-refractivity contribution in [1.82, 2.24) is 0 Å². The largest absolute Gasteiger partial charge is 0.373 e. The third-order valence-electron chi connectivity index (χ3n) is 2.00. The average Bonchev–Trinajstić information content (AvgIpc) is 2.75. The maximum absolute atomic E-state index is 5.52. The molecule has 0 amide bonds. The molecule has 0 aromatic rings. The zero-order valence-corrected chi connectivity index (χ0v) is 7.44. The predicted octanol–water partition coefficient (Wildman–Crippen LogP) is 2.40. The third kappa shape index (κ3) is 2.43. The van der Waals surface area contributed by atoms with E-state index in [0.717, 1.165) is 0 Å². The molecular weight excluding hydrogens is 160 g/mol. The predicted molar refractivity (Wildman–Crippen MR) is 53.9 cm³/mol. The van der Waals surface area contributed by atoms with Crippen LogP contribution in [0.15, 0.2) is 47.6 Å². The first-order valence-electron chi connectivity index (χ1n) is 4.44. The normalized spacial score (nSPS) is 19.4. The molecular formula is C12H12O. The second kappa shape index (κ2) is 4.24. The molecule has 0 N–H and O–H groups in total. The molecule has 2 aliphatic rings. The van der Waals surface area contributed by atoms with Crippen molar-refractivity contribution in [3.05, 3.63) is 60.4 Å². The van der Waals surface area contributed by atoms with Crippen LogP contribution in [0.25, 0.3) is 0 Å². The maximum Gasteiger partial charge on any atom is 0.0690 e. The smallest absolute Gasteiger partial charge is 0.0690 e. The molecule has 1 heteroatoms. The van der Waals surface area contributed by atoms with Crippen molar-refractivity contribution >= 4 is 0 Å². The lowest BCUT2D eigenvalue weighted by molar-refractivity contribution is 0.183. The Morgan fingerprint density at radius 1 is 0.769 bits per heavy atom. The Morgan fingerprint density at radius 3 is 1.69 bits per heavy atom. The molecule has 0 aliphatic heterocycles. The van der Waals surface area contributed by atoms with Crippen LogP contribution in [0.4, 0.5) is 0 Å². The van der Waals surface area contributed by atoms with Gasteiger partial charge in [-0.2, -0.15) is 0 Å². The van der Waals surface area contributed by atoms with Crippen molar-refractivity contribution in [2.75, 3.05) is 13.2 Å². The fourth-order valence-corrected chi connectivity index (χ4v) is 1.31. The molecule has 2 radical (unpaired) electrons. The quantitative estimate of drug-likeness (QED) is 0.632. The number of allylic oxidation sites excluding steroid dienone is 6. The summed E-state index contributed by atoms with van der Waals surface area (Å²) in [6, 6.07) is 0. The van der Waals surface area contributed by atoms with Gasteiger partial charge in [-0.3, -0.25) is 0 Å². The van der Waals surface area contributed by atoms with Crippen molar-refractivity contribution in [3.63, 3.8) is 0 Å². The van der Waals surface area contributed by atoms with Gasteiger partial charge < -0.3 is 4.74 Å². The minimum Gasteiger partial charge on any atom is -0.373 e. The first-order chi connectivity index (χ1) is 6.45. The minimum absolute atomic E-state index is 0.707. The van der Waals surface area contributed by atoms with E-state index in [-0.39, 0.29) is 0 Å². The second-order valence-corrected chi connectivity index (χ2v) is 3.08. The highest BCUT2D eigenvalue weighted by Crippen LogP contribution is 2.12. The van der Waals surface area contributed by atoms with Gasteiger partial charge in [0.15, 0.2) is 0 Å². The third-order valence-corrected chi connectivity index (χ3v) is 2.00. The van der Waals surface area contributed by atoms with Crippen LogP contribution in [0.2, 0.25) is 0 Å². The van der Waals surface area contributed by atoms with Crippen molar-refractivity contribution < 1.29 is 4.74 Å². The number of hydrogen-bond acceptors (Lipinski definition) is 1. The lowest BCUT2D eigenvalue weighted by Crippen LogP contribution is -2.00. The van der Waals surface area contributed by atoms with E-state index < -0.39 is 0 Å². The molecule has 66 valence electrons. The van der Waals surface area contributed by atoms with E-state index in [1.165, 1.54) is 11.1 Å². The van der Waals surface area contributed by atoms with Crippen LogP contribution in [0.5, 0.6) is 0 Å². The number of ether oxygens (including phenoxy) is 1. The van der Waals surface area contributed by atoms with Crippen molar-refractivity contribution in [2.45, 2.75) is 0 Å². The van der Waals surface area contributed by atoms with Gasteiger partial charge in [0, 0.05) is 12.8 Å². The highest BCUT2D eigenvalue weighted by atomic mass is 16.5. The molecule has 0 saturated heterocycles. The summed E-state index contributed by atoms with van der Waals surface area (Å²) in [5.41, 5.74) is 2.48. The standard InChI is InChI=1S/C12H12O/c1-2-6-11(5-1)9-13-10-12-7-3-4-8-12/h1-8H,9-10H2. The van der Waals surface area contributed by atoms with Gasteiger partial charge in [-0.1, -0.05) is 36.5 Å². The van der Waals surface area contributed by atoms with E-state index in [2.05, 4.69) is 25.0 Å². The van der Waals surface area contributed by atoms with Gasteiger partial charge >= 0.3 is 0 Å². The van der Waals surface area contributed by atoms with Crippen LogP contribution in [0.3, 0.4) is 0 Å². The fraction of sp³-hybridized carbons (Fsp3) is 0.167. The van der Waals surface area contributed by atoms with Crippen LogP contribution in [0, 0.1) is 12.8 Å². The topological polar surface area (TPSA) is 9.23 Å². The highest BCUT2D eigenvalue weighted by Gasteiger charge is 2.02. The number of rotatable bonds is 4. The molecule has 0 fully saturated rings. The van der Waals surface area contributed by atoms with Gasteiger partial charge in [0.25, 0.3) is 0 Å². The monoisotopic (exact) mass is 172 g/mol. The first kappa shape index (κ1) is 8.52. The van der Waals surface area contributed by atoms with E-state index in [1.54, 1.807) is 0 Å². The van der Waals surface area contributed by atoms with Gasteiger partial charge in [-0.05, 0) is 11.1 Å². The Balaban J connectivity index is 1.64. The summed E-state index contributed by atoms with van der Waals surface area (Å²) in [5.74, 6) is 0. The van der Waals surface area contributed by atoms with Crippen LogP contribution >= 0.6 is 0 Å². The van der Waals surface area contributed by atoms with Gasteiger partial charge in [-0.15, -0.1) is 0 Å². The Labute approximate surface area is 79.1 Å². The SMILES string of the molecule is [CH]1C=CC=C1COCC1=CC=C[CH]1.